The number of nitrogens with two attached hydrogens (primary N) is 1. The first-order valence-corrected chi connectivity index (χ1v) is 6.57. The van der Waals surface area contributed by atoms with E-state index in [9.17, 15) is 5.11 Å². The van der Waals surface area contributed by atoms with Crippen molar-refractivity contribution in [2.75, 3.05) is 18.1 Å². The second-order valence-electron chi connectivity index (χ2n) is 4.77. The molecule has 1 aromatic rings. The van der Waals surface area contributed by atoms with Crippen molar-refractivity contribution in [2.45, 2.75) is 31.7 Å². The summed E-state index contributed by atoms with van der Waals surface area (Å²) in [7, 11) is 0. The van der Waals surface area contributed by atoms with Crippen LogP contribution in [0.4, 0.5) is 5.82 Å². The van der Waals surface area contributed by atoms with Crippen molar-refractivity contribution in [3.8, 4) is 0 Å². The standard InChI is InChI=1S/C13H20N4O2/c14-13(16-19)10-5-6-15-12(8-10)17-7-3-1-2-4-11(17)9-18/h5-6,8,11,18-19H,1-4,7,9H2,(H2,14,16). The van der Waals surface area contributed by atoms with Crippen molar-refractivity contribution >= 4 is 11.7 Å². The molecule has 1 aromatic heterocycles. The van der Waals surface area contributed by atoms with Gasteiger partial charge in [-0.1, -0.05) is 18.0 Å². The van der Waals surface area contributed by atoms with Crippen molar-refractivity contribution in [1.82, 2.24) is 4.98 Å². The molecule has 0 aromatic carbocycles. The molecule has 1 unspecified atom stereocenters. The highest BCUT2D eigenvalue weighted by molar-refractivity contribution is 5.97. The van der Waals surface area contributed by atoms with E-state index in [0.29, 0.717) is 5.56 Å². The van der Waals surface area contributed by atoms with E-state index < -0.39 is 0 Å². The van der Waals surface area contributed by atoms with Gasteiger partial charge in [-0.15, -0.1) is 0 Å². The molecular weight excluding hydrogens is 244 g/mol. The van der Waals surface area contributed by atoms with Crippen LogP contribution in [0.3, 0.4) is 0 Å². The van der Waals surface area contributed by atoms with E-state index in [-0.39, 0.29) is 18.5 Å². The van der Waals surface area contributed by atoms with Gasteiger partial charge in [0, 0.05) is 18.3 Å². The van der Waals surface area contributed by atoms with Gasteiger partial charge in [0.2, 0.25) is 0 Å². The van der Waals surface area contributed by atoms with E-state index in [4.69, 9.17) is 10.9 Å². The number of oxime groups is 1. The molecule has 19 heavy (non-hydrogen) atoms. The van der Waals surface area contributed by atoms with Gasteiger partial charge in [0.25, 0.3) is 0 Å². The van der Waals surface area contributed by atoms with Crippen molar-refractivity contribution in [3.05, 3.63) is 23.9 Å². The van der Waals surface area contributed by atoms with Crippen LogP contribution in [-0.2, 0) is 0 Å². The summed E-state index contributed by atoms with van der Waals surface area (Å²) < 4.78 is 0. The number of pyridine rings is 1. The predicted molar refractivity (Wildman–Crippen MR) is 73.4 cm³/mol. The summed E-state index contributed by atoms with van der Waals surface area (Å²) in [5, 5.41) is 21.2. The number of anilines is 1. The summed E-state index contributed by atoms with van der Waals surface area (Å²) in [5.41, 5.74) is 6.23. The van der Waals surface area contributed by atoms with Crippen LogP contribution in [0.1, 0.15) is 31.2 Å². The molecule has 0 saturated carbocycles. The zero-order valence-electron chi connectivity index (χ0n) is 10.9. The van der Waals surface area contributed by atoms with E-state index in [2.05, 4.69) is 15.0 Å². The zero-order chi connectivity index (χ0) is 13.7. The van der Waals surface area contributed by atoms with Crippen LogP contribution in [-0.4, -0.2) is 40.3 Å². The van der Waals surface area contributed by atoms with Gasteiger partial charge in [0.05, 0.1) is 12.6 Å². The minimum atomic E-state index is 0.0685. The maximum absolute atomic E-state index is 9.51. The van der Waals surface area contributed by atoms with E-state index >= 15 is 0 Å². The van der Waals surface area contributed by atoms with Gasteiger partial charge in [0.1, 0.15) is 5.82 Å². The van der Waals surface area contributed by atoms with Crippen molar-refractivity contribution < 1.29 is 10.3 Å². The Balaban J connectivity index is 2.28. The van der Waals surface area contributed by atoms with Gasteiger partial charge in [-0.25, -0.2) is 4.98 Å². The maximum Gasteiger partial charge on any atom is 0.170 e. The molecule has 4 N–H and O–H groups in total. The topological polar surface area (TPSA) is 95.0 Å². The molecule has 6 nitrogen and oxygen atoms in total. The number of aliphatic hydroxyl groups excluding tert-OH is 1. The average Bonchev–Trinajstić information content (AvgIpc) is 2.71. The number of aromatic nitrogens is 1. The van der Waals surface area contributed by atoms with Crippen LogP contribution in [0, 0.1) is 0 Å². The van der Waals surface area contributed by atoms with Crippen LogP contribution in [0.2, 0.25) is 0 Å². The number of rotatable bonds is 3. The van der Waals surface area contributed by atoms with E-state index in [1.165, 1.54) is 6.42 Å². The van der Waals surface area contributed by atoms with Crippen molar-refractivity contribution in [3.63, 3.8) is 0 Å². The Hall–Kier alpha value is -1.82. The summed E-state index contributed by atoms with van der Waals surface area (Å²) in [6.07, 6.45) is 5.99. The fourth-order valence-electron chi connectivity index (χ4n) is 2.46. The molecule has 1 aliphatic rings. The molecular formula is C13H20N4O2. The lowest BCUT2D eigenvalue weighted by atomic mass is 10.1. The Morgan fingerprint density at radius 3 is 3.05 bits per heavy atom. The Labute approximate surface area is 112 Å². The summed E-state index contributed by atoms with van der Waals surface area (Å²) in [4.78, 5) is 6.45. The molecule has 2 rings (SSSR count). The molecule has 104 valence electrons. The van der Waals surface area contributed by atoms with Crippen LogP contribution < -0.4 is 10.6 Å². The third kappa shape index (κ3) is 3.14. The number of hydrogen-bond donors (Lipinski definition) is 3. The molecule has 0 radical (unpaired) electrons. The molecule has 0 spiro atoms. The summed E-state index contributed by atoms with van der Waals surface area (Å²) in [6.45, 7) is 0.993. The van der Waals surface area contributed by atoms with Gasteiger partial charge >= 0.3 is 0 Å². The predicted octanol–water partition coefficient (Wildman–Crippen LogP) is 0.917. The third-order valence-electron chi connectivity index (χ3n) is 3.53. The van der Waals surface area contributed by atoms with Gasteiger partial charge in [0.15, 0.2) is 5.84 Å². The lowest BCUT2D eigenvalue weighted by Gasteiger charge is -2.29. The molecule has 0 bridgehead atoms. The first-order chi connectivity index (χ1) is 9.26. The minimum Gasteiger partial charge on any atom is -0.409 e. The molecule has 1 fully saturated rings. The zero-order valence-corrected chi connectivity index (χ0v) is 10.9. The Morgan fingerprint density at radius 2 is 2.32 bits per heavy atom. The largest absolute Gasteiger partial charge is 0.409 e. The quantitative estimate of drug-likeness (QED) is 0.326. The Bertz CT molecular complexity index is 450. The number of aliphatic hydroxyl groups is 1. The molecule has 6 heteroatoms. The highest BCUT2D eigenvalue weighted by atomic mass is 16.4. The lowest BCUT2D eigenvalue weighted by Crippen LogP contribution is -2.38. The number of nitrogens with zero attached hydrogens (tertiary/aromatic N) is 3. The first kappa shape index (κ1) is 13.6. The van der Waals surface area contributed by atoms with Crippen molar-refractivity contribution in [2.24, 2.45) is 10.9 Å². The molecule has 2 heterocycles. The lowest BCUT2D eigenvalue weighted by molar-refractivity contribution is 0.254. The van der Waals surface area contributed by atoms with E-state index in [1.54, 1.807) is 18.3 Å². The number of amidine groups is 1. The summed E-state index contributed by atoms with van der Waals surface area (Å²) in [6, 6.07) is 3.59. The second-order valence-corrected chi connectivity index (χ2v) is 4.77. The monoisotopic (exact) mass is 264 g/mol. The molecule has 1 aliphatic heterocycles. The highest BCUT2D eigenvalue weighted by Gasteiger charge is 2.21. The van der Waals surface area contributed by atoms with Gasteiger partial charge in [-0.05, 0) is 25.0 Å². The maximum atomic E-state index is 9.51. The highest BCUT2D eigenvalue weighted by Crippen LogP contribution is 2.23. The number of hydrogen-bond acceptors (Lipinski definition) is 5. The smallest absolute Gasteiger partial charge is 0.170 e. The summed E-state index contributed by atoms with van der Waals surface area (Å²) in [5.74, 6) is 0.837. The first-order valence-electron chi connectivity index (χ1n) is 6.57. The van der Waals surface area contributed by atoms with Crippen LogP contribution in [0.15, 0.2) is 23.5 Å². The second kappa shape index (κ2) is 6.38. The SMILES string of the molecule is N/C(=N/O)c1ccnc(N2CCCCCC2CO)c1. The normalized spacial score (nSPS) is 21.2. The Morgan fingerprint density at radius 1 is 1.47 bits per heavy atom. The summed E-state index contributed by atoms with van der Waals surface area (Å²) >= 11 is 0. The van der Waals surface area contributed by atoms with Crippen LogP contribution >= 0.6 is 0 Å². The fraction of sp³-hybridized carbons (Fsp3) is 0.538. The minimum absolute atomic E-state index is 0.0685. The van der Waals surface area contributed by atoms with Gasteiger partial charge in [-0.2, -0.15) is 0 Å². The average molecular weight is 264 g/mol. The molecule has 1 atom stereocenters. The van der Waals surface area contributed by atoms with E-state index in [0.717, 1.165) is 31.6 Å². The van der Waals surface area contributed by atoms with Crippen LogP contribution in [0.5, 0.6) is 0 Å². The molecule has 0 aliphatic carbocycles. The van der Waals surface area contributed by atoms with E-state index in [1.807, 2.05) is 0 Å². The fourth-order valence-corrected chi connectivity index (χ4v) is 2.46. The van der Waals surface area contributed by atoms with Gasteiger partial charge in [-0.3, -0.25) is 0 Å². The molecule has 1 saturated heterocycles. The molecule has 0 amide bonds. The van der Waals surface area contributed by atoms with Crippen LogP contribution in [0.25, 0.3) is 0 Å². The van der Waals surface area contributed by atoms with Gasteiger partial charge < -0.3 is 20.9 Å². The third-order valence-corrected chi connectivity index (χ3v) is 3.53. The van der Waals surface area contributed by atoms with Crippen molar-refractivity contribution in [1.29, 1.82) is 0 Å². The Kier molecular flexibility index (Phi) is 4.57.